The molecule has 1 unspecified atom stereocenters. The minimum absolute atomic E-state index is 0.184. The number of carbonyl (C=O) groups is 2. The van der Waals surface area contributed by atoms with Crippen molar-refractivity contribution in [2.24, 2.45) is 0 Å². The molecular weight excluding hydrogens is 256 g/mol. The summed E-state index contributed by atoms with van der Waals surface area (Å²) in [4.78, 5) is 23.0. The van der Waals surface area contributed by atoms with Gasteiger partial charge in [-0.2, -0.15) is 0 Å². The molecule has 1 atom stereocenters. The molecule has 5 heteroatoms. The maximum Gasteiger partial charge on any atom is 0.329 e. The summed E-state index contributed by atoms with van der Waals surface area (Å²) >= 11 is 0. The van der Waals surface area contributed by atoms with Crippen LogP contribution in [0.25, 0.3) is 0 Å². The summed E-state index contributed by atoms with van der Waals surface area (Å²) in [5.41, 5.74) is 0.0875. The normalized spacial score (nSPS) is 17.6. The van der Waals surface area contributed by atoms with Crippen LogP contribution >= 0.6 is 0 Å². The third-order valence-corrected chi connectivity index (χ3v) is 3.91. The van der Waals surface area contributed by atoms with Gasteiger partial charge in [-0.3, -0.25) is 0 Å². The van der Waals surface area contributed by atoms with Gasteiger partial charge in [0.15, 0.2) is 0 Å². The number of urea groups is 1. The number of hydrogen-bond donors (Lipinski definition) is 3. The maximum absolute atomic E-state index is 11.8. The molecule has 0 aliphatic heterocycles. The number of carboxylic acid groups (broad SMARTS) is 1. The lowest BCUT2D eigenvalue weighted by molar-refractivity contribution is -0.148. The van der Waals surface area contributed by atoms with E-state index in [1.54, 1.807) is 0 Å². The van der Waals surface area contributed by atoms with Gasteiger partial charge in [0.25, 0.3) is 0 Å². The van der Waals surface area contributed by atoms with E-state index in [1.165, 1.54) is 0 Å². The zero-order chi connectivity index (χ0) is 14.6. The number of nitrogens with one attached hydrogen (secondary N) is 2. The van der Waals surface area contributed by atoms with E-state index in [4.69, 9.17) is 5.11 Å². The van der Waals surface area contributed by atoms with E-state index >= 15 is 0 Å². The van der Waals surface area contributed by atoms with Gasteiger partial charge in [-0.05, 0) is 30.7 Å². The number of aliphatic carboxylic acids is 1. The van der Waals surface area contributed by atoms with Crippen LogP contribution in [0.5, 0.6) is 0 Å². The van der Waals surface area contributed by atoms with Gasteiger partial charge in [0.1, 0.15) is 5.54 Å². The minimum Gasteiger partial charge on any atom is -0.480 e. The molecule has 0 aromatic heterocycles. The fourth-order valence-electron chi connectivity index (χ4n) is 2.33. The topological polar surface area (TPSA) is 78.4 Å². The summed E-state index contributed by atoms with van der Waals surface area (Å²) in [6.45, 7) is 2.50. The highest BCUT2D eigenvalue weighted by Crippen LogP contribution is 2.31. The van der Waals surface area contributed by atoms with Crippen LogP contribution in [0.15, 0.2) is 30.3 Å². The molecule has 108 valence electrons. The highest BCUT2D eigenvalue weighted by molar-refractivity contribution is 5.87. The molecule has 1 fully saturated rings. The van der Waals surface area contributed by atoms with Gasteiger partial charge < -0.3 is 15.7 Å². The van der Waals surface area contributed by atoms with E-state index in [0.29, 0.717) is 19.4 Å². The molecule has 1 saturated carbocycles. The molecule has 0 bridgehead atoms. The van der Waals surface area contributed by atoms with E-state index in [9.17, 15) is 9.59 Å². The van der Waals surface area contributed by atoms with Crippen LogP contribution in [0.4, 0.5) is 4.79 Å². The predicted molar refractivity (Wildman–Crippen MR) is 75.6 cm³/mol. The Balaban J connectivity index is 1.82. The number of benzene rings is 1. The van der Waals surface area contributed by atoms with Crippen LogP contribution in [0, 0.1) is 0 Å². The summed E-state index contributed by atoms with van der Waals surface area (Å²) in [6, 6.07) is 9.47. The standard InChI is InChI=1S/C15H20N2O3/c1-11(12-6-3-2-4-7-12)10-16-14(20)17-15(13(18)19)8-5-9-15/h2-4,6-7,11H,5,8-10H2,1H3,(H,18,19)(H2,16,17,20). The molecule has 1 aromatic rings. The lowest BCUT2D eigenvalue weighted by Crippen LogP contribution is -2.61. The van der Waals surface area contributed by atoms with Crippen LogP contribution in [0.2, 0.25) is 0 Å². The summed E-state index contributed by atoms with van der Waals surface area (Å²) in [6.07, 6.45) is 1.85. The maximum atomic E-state index is 11.8. The van der Waals surface area contributed by atoms with E-state index in [-0.39, 0.29) is 5.92 Å². The second kappa shape index (κ2) is 5.94. The number of amides is 2. The van der Waals surface area contributed by atoms with Gasteiger partial charge in [0, 0.05) is 6.54 Å². The van der Waals surface area contributed by atoms with Crippen molar-refractivity contribution in [1.29, 1.82) is 0 Å². The van der Waals surface area contributed by atoms with E-state index in [0.717, 1.165) is 12.0 Å². The van der Waals surface area contributed by atoms with Gasteiger partial charge >= 0.3 is 12.0 Å². The summed E-state index contributed by atoms with van der Waals surface area (Å²) in [5.74, 6) is -0.765. The summed E-state index contributed by atoms with van der Waals surface area (Å²) in [7, 11) is 0. The van der Waals surface area contributed by atoms with Crippen molar-refractivity contribution in [3.63, 3.8) is 0 Å². The van der Waals surface area contributed by atoms with Crippen molar-refractivity contribution in [3.05, 3.63) is 35.9 Å². The van der Waals surface area contributed by atoms with Crippen molar-refractivity contribution in [2.45, 2.75) is 37.6 Å². The molecule has 0 saturated heterocycles. The third kappa shape index (κ3) is 3.10. The van der Waals surface area contributed by atoms with Gasteiger partial charge in [-0.1, -0.05) is 37.3 Å². The Morgan fingerprint density at radius 1 is 1.30 bits per heavy atom. The number of carboxylic acids is 1. The van der Waals surface area contributed by atoms with Crippen molar-refractivity contribution in [3.8, 4) is 0 Å². The zero-order valence-corrected chi connectivity index (χ0v) is 11.6. The van der Waals surface area contributed by atoms with Gasteiger partial charge in [-0.25, -0.2) is 9.59 Å². The van der Waals surface area contributed by atoms with Crippen molar-refractivity contribution in [1.82, 2.24) is 10.6 Å². The molecule has 1 aromatic carbocycles. The summed E-state index contributed by atoms with van der Waals surface area (Å²) < 4.78 is 0. The molecule has 2 rings (SSSR count). The first-order valence-electron chi connectivity index (χ1n) is 6.88. The second-order valence-corrected chi connectivity index (χ2v) is 5.39. The third-order valence-electron chi connectivity index (χ3n) is 3.91. The Labute approximate surface area is 118 Å². The lowest BCUT2D eigenvalue weighted by atomic mass is 9.77. The highest BCUT2D eigenvalue weighted by atomic mass is 16.4. The molecular formula is C15H20N2O3. The monoisotopic (exact) mass is 276 g/mol. The van der Waals surface area contributed by atoms with Crippen LogP contribution < -0.4 is 10.6 Å². The molecule has 0 spiro atoms. The molecule has 1 aliphatic rings. The quantitative estimate of drug-likeness (QED) is 0.770. The fourth-order valence-corrected chi connectivity index (χ4v) is 2.33. The molecule has 2 amide bonds. The van der Waals surface area contributed by atoms with E-state index < -0.39 is 17.5 Å². The zero-order valence-electron chi connectivity index (χ0n) is 11.6. The Hall–Kier alpha value is -2.04. The van der Waals surface area contributed by atoms with E-state index in [2.05, 4.69) is 10.6 Å². The van der Waals surface area contributed by atoms with Crippen molar-refractivity contribution < 1.29 is 14.7 Å². The average Bonchev–Trinajstić information content (AvgIpc) is 2.40. The smallest absolute Gasteiger partial charge is 0.329 e. The first-order valence-corrected chi connectivity index (χ1v) is 6.88. The number of carbonyl (C=O) groups excluding carboxylic acids is 1. The molecule has 0 radical (unpaired) electrons. The van der Waals surface area contributed by atoms with Gasteiger partial charge in [-0.15, -0.1) is 0 Å². The fraction of sp³-hybridized carbons (Fsp3) is 0.467. The highest BCUT2D eigenvalue weighted by Gasteiger charge is 2.45. The van der Waals surface area contributed by atoms with E-state index in [1.807, 2.05) is 37.3 Å². The Morgan fingerprint density at radius 2 is 1.95 bits per heavy atom. The van der Waals surface area contributed by atoms with Gasteiger partial charge in [0.2, 0.25) is 0 Å². The Bertz CT molecular complexity index is 483. The molecule has 20 heavy (non-hydrogen) atoms. The second-order valence-electron chi connectivity index (χ2n) is 5.39. The van der Waals surface area contributed by atoms with Crippen molar-refractivity contribution >= 4 is 12.0 Å². The average molecular weight is 276 g/mol. The number of rotatable bonds is 5. The first kappa shape index (κ1) is 14.4. The SMILES string of the molecule is CC(CNC(=O)NC1(C(=O)O)CCC1)c1ccccc1. The lowest BCUT2D eigenvalue weighted by Gasteiger charge is -2.38. The molecule has 3 N–H and O–H groups in total. The molecule has 0 heterocycles. The van der Waals surface area contributed by atoms with Crippen LogP contribution in [0.1, 0.15) is 37.7 Å². The van der Waals surface area contributed by atoms with Crippen LogP contribution in [-0.4, -0.2) is 29.2 Å². The largest absolute Gasteiger partial charge is 0.480 e. The molecule has 5 nitrogen and oxygen atoms in total. The minimum atomic E-state index is -1.06. The van der Waals surface area contributed by atoms with Crippen molar-refractivity contribution in [2.75, 3.05) is 6.54 Å². The van der Waals surface area contributed by atoms with Crippen LogP contribution in [-0.2, 0) is 4.79 Å². The van der Waals surface area contributed by atoms with Crippen LogP contribution in [0.3, 0.4) is 0 Å². The summed E-state index contributed by atoms with van der Waals surface area (Å²) in [5, 5.41) is 14.5. The van der Waals surface area contributed by atoms with Gasteiger partial charge in [0.05, 0.1) is 0 Å². The first-order chi connectivity index (χ1) is 9.53. The Morgan fingerprint density at radius 3 is 2.45 bits per heavy atom. The number of hydrogen-bond acceptors (Lipinski definition) is 2. The molecule has 1 aliphatic carbocycles. The Kier molecular flexibility index (Phi) is 4.27. The predicted octanol–water partition coefficient (Wildman–Crippen LogP) is 2.10.